The second-order valence-electron chi connectivity index (χ2n) is 2.56. The lowest BCUT2D eigenvalue weighted by molar-refractivity contribution is 0.123. The summed E-state index contributed by atoms with van der Waals surface area (Å²) in [5.41, 5.74) is 2.70. The second kappa shape index (κ2) is 7.07. The minimum atomic E-state index is 0.386. The van der Waals surface area contributed by atoms with Gasteiger partial charge in [-0.25, -0.2) is 5.90 Å². The van der Waals surface area contributed by atoms with Gasteiger partial charge in [-0.2, -0.15) is 5.26 Å². The van der Waals surface area contributed by atoms with Crippen LogP contribution in [0.3, 0.4) is 0 Å². The number of nitrogens with two attached hydrogens (primary N) is 1. The molecule has 0 aliphatic rings. The van der Waals surface area contributed by atoms with E-state index >= 15 is 0 Å². The van der Waals surface area contributed by atoms with Crippen molar-refractivity contribution in [1.82, 2.24) is 0 Å². The van der Waals surface area contributed by atoms with Crippen molar-refractivity contribution in [3.8, 4) is 6.07 Å². The SMILES string of the molecule is CC.Cc1cc(C#N)ccc1CON. The molecule has 3 nitrogen and oxygen atoms in total. The molecule has 0 bridgehead atoms. The number of rotatable bonds is 2. The molecule has 0 aromatic heterocycles. The first-order valence-electron chi connectivity index (χ1n) is 4.59. The molecule has 0 heterocycles. The fourth-order valence-corrected chi connectivity index (χ4v) is 1.02. The van der Waals surface area contributed by atoms with E-state index in [2.05, 4.69) is 10.9 Å². The maximum Gasteiger partial charge on any atom is 0.0991 e. The largest absolute Gasteiger partial charge is 0.300 e. The van der Waals surface area contributed by atoms with Gasteiger partial charge in [0.05, 0.1) is 18.2 Å². The molecular formula is C11H16N2O. The Morgan fingerprint density at radius 1 is 1.43 bits per heavy atom. The van der Waals surface area contributed by atoms with Crippen LogP contribution in [0.1, 0.15) is 30.5 Å². The number of aryl methyl sites for hydroxylation is 1. The minimum Gasteiger partial charge on any atom is -0.300 e. The number of nitrogens with zero attached hydrogens (tertiary/aromatic N) is 1. The summed E-state index contributed by atoms with van der Waals surface area (Å²) in [5, 5.41) is 8.58. The summed E-state index contributed by atoms with van der Waals surface area (Å²) in [4.78, 5) is 4.50. The van der Waals surface area contributed by atoms with Gasteiger partial charge in [-0.3, -0.25) is 4.84 Å². The van der Waals surface area contributed by atoms with Crippen molar-refractivity contribution in [2.45, 2.75) is 27.4 Å². The summed E-state index contributed by atoms with van der Waals surface area (Å²) in [6, 6.07) is 7.48. The highest BCUT2D eigenvalue weighted by atomic mass is 16.6. The Balaban J connectivity index is 0.000000791. The fourth-order valence-electron chi connectivity index (χ4n) is 1.02. The van der Waals surface area contributed by atoms with Crippen molar-refractivity contribution in [1.29, 1.82) is 5.26 Å². The second-order valence-corrected chi connectivity index (χ2v) is 2.56. The molecular weight excluding hydrogens is 176 g/mol. The van der Waals surface area contributed by atoms with E-state index in [0.29, 0.717) is 12.2 Å². The molecule has 2 N–H and O–H groups in total. The van der Waals surface area contributed by atoms with E-state index in [0.717, 1.165) is 11.1 Å². The molecule has 0 atom stereocenters. The molecule has 76 valence electrons. The Labute approximate surface area is 85.1 Å². The quantitative estimate of drug-likeness (QED) is 0.731. The van der Waals surface area contributed by atoms with Gasteiger partial charge in [0.25, 0.3) is 0 Å². The van der Waals surface area contributed by atoms with Crippen molar-refractivity contribution in [2.75, 3.05) is 0 Å². The summed E-state index contributed by atoms with van der Waals surface area (Å²) >= 11 is 0. The van der Waals surface area contributed by atoms with Crippen molar-refractivity contribution in [3.05, 3.63) is 34.9 Å². The van der Waals surface area contributed by atoms with E-state index in [1.54, 1.807) is 6.07 Å². The summed E-state index contributed by atoms with van der Waals surface area (Å²) in [7, 11) is 0. The van der Waals surface area contributed by atoms with Crippen LogP contribution in [-0.4, -0.2) is 0 Å². The van der Waals surface area contributed by atoms with Gasteiger partial charge in [0, 0.05) is 0 Å². The van der Waals surface area contributed by atoms with Gasteiger partial charge < -0.3 is 0 Å². The number of hydrogen-bond donors (Lipinski definition) is 1. The van der Waals surface area contributed by atoms with Crippen LogP contribution < -0.4 is 5.90 Å². The minimum absolute atomic E-state index is 0.386. The van der Waals surface area contributed by atoms with E-state index in [-0.39, 0.29) is 0 Å². The van der Waals surface area contributed by atoms with E-state index < -0.39 is 0 Å². The predicted octanol–water partition coefficient (Wildman–Crippen LogP) is 2.28. The molecule has 1 rings (SSSR count). The van der Waals surface area contributed by atoms with Gasteiger partial charge in [0.15, 0.2) is 0 Å². The van der Waals surface area contributed by atoms with Crippen LogP contribution in [0.2, 0.25) is 0 Å². The van der Waals surface area contributed by atoms with Crippen LogP contribution in [0.5, 0.6) is 0 Å². The highest BCUT2D eigenvalue weighted by Crippen LogP contribution is 2.10. The van der Waals surface area contributed by atoms with Crippen molar-refractivity contribution in [2.24, 2.45) is 5.90 Å². The van der Waals surface area contributed by atoms with Crippen LogP contribution >= 0.6 is 0 Å². The molecule has 0 fully saturated rings. The predicted molar refractivity (Wildman–Crippen MR) is 56.2 cm³/mol. The molecule has 0 aliphatic heterocycles. The maximum absolute atomic E-state index is 8.58. The lowest BCUT2D eigenvalue weighted by atomic mass is 10.1. The summed E-state index contributed by atoms with van der Waals surface area (Å²) in [6.07, 6.45) is 0. The highest BCUT2D eigenvalue weighted by Gasteiger charge is 1.98. The van der Waals surface area contributed by atoms with Gasteiger partial charge in [-0.1, -0.05) is 19.9 Å². The summed E-state index contributed by atoms with van der Waals surface area (Å²) in [5.74, 6) is 4.93. The van der Waals surface area contributed by atoms with E-state index in [1.807, 2.05) is 32.9 Å². The summed E-state index contributed by atoms with van der Waals surface area (Å²) in [6.45, 7) is 6.31. The molecule has 1 aromatic carbocycles. The summed E-state index contributed by atoms with van der Waals surface area (Å²) < 4.78 is 0. The van der Waals surface area contributed by atoms with Crippen LogP contribution in [-0.2, 0) is 11.4 Å². The van der Waals surface area contributed by atoms with Crippen LogP contribution in [0, 0.1) is 18.3 Å². The Morgan fingerprint density at radius 2 is 2.07 bits per heavy atom. The molecule has 14 heavy (non-hydrogen) atoms. The topological polar surface area (TPSA) is 59.0 Å². The van der Waals surface area contributed by atoms with E-state index in [4.69, 9.17) is 11.2 Å². The van der Waals surface area contributed by atoms with Crippen LogP contribution in [0.25, 0.3) is 0 Å². The average Bonchev–Trinajstić information content (AvgIpc) is 2.24. The van der Waals surface area contributed by atoms with Crippen molar-refractivity contribution in [3.63, 3.8) is 0 Å². The monoisotopic (exact) mass is 192 g/mol. The molecule has 0 radical (unpaired) electrons. The third-order valence-corrected chi connectivity index (χ3v) is 1.71. The highest BCUT2D eigenvalue weighted by molar-refractivity contribution is 5.37. The number of benzene rings is 1. The van der Waals surface area contributed by atoms with E-state index in [1.165, 1.54) is 0 Å². The molecule has 0 spiro atoms. The van der Waals surface area contributed by atoms with Crippen LogP contribution in [0.4, 0.5) is 0 Å². The van der Waals surface area contributed by atoms with E-state index in [9.17, 15) is 0 Å². The average molecular weight is 192 g/mol. The van der Waals surface area contributed by atoms with Crippen LogP contribution in [0.15, 0.2) is 18.2 Å². The van der Waals surface area contributed by atoms with Gasteiger partial charge in [-0.15, -0.1) is 0 Å². The fraction of sp³-hybridized carbons (Fsp3) is 0.364. The molecule has 0 aliphatic carbocycles. The first-order chi connectivity index (χ1) is 6.77. The van der Waals surface area contributed by atoms with Gasteiger partial charge in [0.1, 0.15) is 0 Å². The third kappa shape index (κ3) is 3.56. The molecule has 0 unspecified atom stereocenters. The van der Waals surface area contributed by atoms with Crippen molar-refractivity contribution >= 4 is 0 Å². The first-order valence-corrected chi connectivity index (χ1v) is 4.59. The Morgan fingerprint density at radius 3 is 2.50 bits per heavy atom. The Hall–Kier alpha value is -1.37. The zero-order valence-electron chi connectivity index (χ0n) is 8.87. The lowest BCUT2D eigenvalue weighted by Crippen LogP contribution is -2.00. The third-order valence-electron chi connectivity index (χ3n) is 1.71. The normalized spacial score (nSPS) is 8.50. The number of nitriles is 1. The van der Waals surface area contributed by atoms with Gasteiger partial charge >= 0.3 is 0 Å². The zero-order valence-corrected chi connectivity index (χ0v) is 8.87. The molecule has 1 aromatic rings. The standard InChI is InChI=1S/C9H10N2O.C2H6/c1-7-4-8(5-10)2-3-9(7)6-12-11;1-2/h2-4H,6,11H2,1H3;1-2H3. The lowest BCUT2D eigenvalue weighted by Gasteiger charge is -2.03. The molecule has 0 saturated carbocycles. The van der Waals surface area contributed by atoms with Crippen molar-refractivity contribution < 1.29 is 4.84 Å². The van der Waals surface area contributed by atoms with Gasteiger partial charge in [-0.05, 0) is 30.2 Å². The Kier molecular flexibility index (Phi) is 6.38. The molecule has 3 heteroatoms. The smallest absolute Gasteiger partial charge is 0.0991 e. The Bertz CT molecular complexity index is 316. The number of hydrogen-bond acceptors (Lipinski definition) is 3. The zero-order chi connectivity index (χ0) is 11.0. The van der Waals surface area contributed by atoms with Gasteiger partial charge in [0.2, 0.25) is 0 Å². The maximum atomic E-state index is 8.58. The first kappa shape index (κ1) is 12.6. The molecule has 0 amide bonds. The molecule has 0 saturated heterocycles.